The van der Waals surface area contributed by atoms with E-state index in [9.17, 15) is 9.59 Å². The molecule has 110 valence electrons. The minimum atomic E-state index is -0.281. The molecule has 0 saturated heterocycles. The second-order valence-corrected chi connectivity index (χ2v) is 5.20. The smallest absolute Gasteiger partial charge is 0.252 e. The summed E-state index contributed by atoms with van der Waals surface area (Å²) < 4.78 is 0. The highest BCUT2D eigenvalue weighted by Gasteiger charge is 2.14. The molecular formula is C18H16N2O2. The maximum atomic E-state index is 12.5. The van der Waals surface area contributed by atoms with Gasteiger partial charge >= 0.3 is 0 Å². The number of pyridine rings is 1. The zero-order valence-corrected chi connectivity index (χ0v) is 12.2. The number of benzene rings is 2. The average molecular weight is 292 g/mol. The van der Waals surface area contributed by atoms with E-state index in [1.165, 1.54) is 6.07 Å². The minimum Gasteiger partial charge on any atom is -0.345 e. The molecule has 0 aliphatic carbocycles. The van der Waals surface area contributed by atoms with Crippen molar-refractivity contribution in [2.24, 2.45) is 0 Å². The van der Waals surface area contributed by atoms with Crippen molar-refractivity contribution in [1.82, 2.24) is 10.3 Å². The standard InChI is InChI=1S/C18H16N2O2/c1-12(13-7-3-2-4-8-13)19-18(22)15-11-17(21)20-16-10-6-5-9-14(15)16/h2-12H,1H3,(H,19,22)(H,20,21)/t12-/m1/s1. The van der Waals surface area contributed by atoms with Gasteiger partial charge in [0, 0.05) is 17.0 Å². The van der Waals surface area contributed by atoms with E-state index in [1.54, 1.807) is 6.07 Å². The maximum absolute atomic E-state index is 12.5. The van der Waals surface area contributed by atoms with Crippen molar-refractivity contribution in [2.75, 3.05) is 0 Å². The number of aromatic amines is 1. The van der Waals surface area contributed by atoms with Gasteiger partial charge in [0.05, 0.1) is 11.6 Å². The van der Waals surface area contributed by atoms with Gasteiger partial charge in [0.15, 0.2) is 0 Å². The van der Waals surface area contributed by atoms with Crippen LogP contribution in [0.15, 0.2) is 65.5 Å². The number of aromatic nitrogens is 1. The van der Waals surface area contributed by atoms with Gasteiger partial charge in [-0.15, -0.1) is 0 Å². The van der Waals surface area contributed by atoms with Crippen LogP contribution in [0.2, 0.25) is 0 Å². The van der Waals surface area contributed by atoms with E-state index in [-0.39, 0.29) is 17.5 Å². The highest BCUT2D eigenvalue weighted by atomic mass is 16.2. The normalized spacial score (nSPS) is 12.0. The van der Waals surface area contributed by atoms with E-state index in [0.717, 1.165) is 10.9 Å². The van der Waals surface area contributed by atoms with Crippen molar-refractivity contribution in [2.45, 2.75) is 13.0 Å². The van der Waals surface area contributed by atoms with Crippen molar-refractivity contribution in [3.8, 4) is 0 Å². The summed E-state index contributed by atoms with van der Waals surface area (Å²) in [5, 5.41) is 3.68. The van der Waals surface area contributed by atoms with Crippen molar-refractivity contribution >= 4 is 16.8 Å². The lowest BCUT2D eigenvalue weighted by Crippen LogP contribution is -2.28. The molecule has 0 fully saturated rings. The first-order valence-corrected chi connectivity index (χ1v) is 7.13. The first kappa shape index (κ1) is 14.1. The summed E-state index contributed by atoms with van der Waals surface area (Å²) in [7, 11) is 0. The molecule has 0 aliphatic rings. The quantitative estimate of drug-likeness (QED) is 0.779. The summed E-state index contributed by atoms with van der Waals surface area (Å²) in [5.74, 6) is -0.251. The highest BCUT2D eigenvalue weighted by Crippen LogP contribution is 2.17. The molecule has 0 saturated carbocycles. The van der Waals surface area contributed by atoms with E-state index < -0.39 is 0 Å². The number of nitrogens with one attached hydrogen (secondary N) is 2. The van der Waals surface area contributed by atoms with Gasteiger partial charge in [-0.1, -0.05) is 48.5 Å². The number of hydrogen-bond acceptors (Lipinski definition) is 2. The Morgan fingerprint density at radius 1 is 1.05 bits per heavy atom. The van der Waals surface area contributed by atoms with E-state index in [0.29, 0.717) is 11.1 Å². The van der Waals surface area contributed by atoms with Crippen LogP contribution in [0.1, 0.15) is 28.9 Å². The first-order valence-electron chi connectivity index (χ1n) is 7.13. The molecular weight excluding hydrogens is 276 g/mol. The molecule has 1 amide bonds. The molecule has 2 N–H and O–H groups in total. The lowest BCUT2D eigenvalue weighted by molar-refractivity contribution is 0.0941. The molecule has 4 heteroatoms. The number of para-hydroxylation sites is 1. The van der Waals surface area contributed by atoms with Crippen LogP contribution in [-0.4, -0.2) is 10.9 Å². The van der Waals surface area contributed by atoms with Gasteiger partial charge < -0.3 is 10.3 Å². The van der Waals surface area contributed by atoms with Gasteiger partial charge in [-0.25, -0.2) is 0 Å². The second-order valence-electron chi connectivity index (χ2n) is 5.20. The zero-order valence-electron chi connectivity index (χ0n) is 12.2. The molecule has 0 bridgehead atoms. The van der Waals surface area contributed by atoms with E-state index in [2.05, 4.69) is 10.3 Å². The van der Waals surface area contributed by atoms with Crippen LogP contribution in [0.3, 0.4) is 0 Å². The number of amides is 1. The fourth-order valence-corrected chi connectivity index (χ4v) is 2.49. The molecule has 0 aliphatic heterocycles. The van der Waals surface area contributed by atoms with Crippen LogP contribution in [0, 0.1) is 0 Å². The molecule has 3 rings (SSSR count). The summed E-state index contributed by atoms with van der Waals surface area (Å²) in [4.78, 5) is 27.0. The van der Waals surface area contributed by atoms with Gasteiger partial charge in [-0.2, -0.15) is 0 Å². The van der Waals surface area contributed by atoms with Crippen LogP contribution in [0.5, 0.6) is 0 Å². The molecule has 2 aromatic carbocycles. The SMILES string of the molecule is C[C@@H](NC(=O)c1cc(=O)[nH]c2ccccc12)c1ccccc1. The van der Waals surface area contributed by atoms with E-state index >= 15 is 0 Å². The Morgan fingerprint density at radius 2 is 1.73 bits per heavy atom. The van der Waals surface area contributed by atoms with E-state index in [4.69, 9.17) is 0 Å². The number of H-pyrrole nitrogens is 1. The topological polar surface area (TPSA) is 62.0 Å². The Morgan fingerprint density at radius 3 is 2.50 bits per heavy atom. The molecule has 1 aromatic heterocycles. The molecule has 0 radical (unpaired) electrons. The average Bonchev–Trinajstić information content (AvgIpc) is 2.54. The van der Waals surface area contributed by atoms with E-state index in [1.807, 2.05) is 55.5 Å². The summed E-state index contributed by atoms with van der Waals surface area (Å²) in [6, 6.07) is 18.2. The lowest BCUT2D eigenvalue weighted by atomic mass is 10.1. The number of carbonyl (C=O) groups is 1. The molecule has 0 spiro atoms. The molecule has 0 unspecified atom stereocenters. The van der Waals surface area contributed by atoms with Crippen molar-refractivity contribution < 1.29 is 4.79 Å². The Balaban J connectivity index is 1.94. The predicted molar refractivity (Wildman–Crippen MR) is 86.9 cm³/mol. The fraction of sp³-hybridized carbons (Fsp3) is 0.111. The van der Waals surface area contributed by atoms with Crippen LogP contribution < -0.4 is 10.9 Å². The van der Waals surface area contributed by atoms with Crippen LogP contribution in [0.4, 0.5) is 0 Å². The number of rotatable bonds is 3. The van der Waals surface area contributed by atoms with Gasteiger partial charge in [-0.05, 0) is 18.6 Å². The minimum absolute atomic E-state index is 0.133. The monoisotopic (exact) mass is 292 g/mol. The lowest BCUT2D eigenvalue weighted by Gasteiger charge is -2.15. The second kappa shape index (κ2) is 5.85. The summed E-state index contributed by atoms with van der Waals surface area (Å²) in [6.07, 6.45) is 0. The number of hydrogen-bond donors (Lipinski definition) is 2. The third kappa shape index (κ3) is 2.76. The first-order chi connectivity index (χ1) is 10.6. The van der Waals surface area contributed by atoms with Gasteiger partial charge in [0.1, 0.15) is 0 Å². The Labute approximate surface area is 127 Å². The summed E-state index contributed by atoms with van der Waals surface area (Å²) >= 11 is 0. The fourth-order valence-electron chi connectivity index (χ4n) is 2.49. The number of carbonyl (C=O) groups excluding carboxylic acids is 1. The van der Waals surface area contributed by atoms with Crippen molar-refractivity contribution in [3.63, 3.8) is 0 Å². The van der Waals surface area contributed by atoms with Crippen LogP contribution in [0.25, 0.3) is 10.9 Å². The van der Waals surface area contributed by atoms with Gasteiger partial charge in [-0.3, -0.25) is 9.59 Å². The molecule has 3 aromatic rings. The van der Waals surface area contributed by atoms with Crippen molar-refractivity contribution in [3.05, 3.63) is 82.1 Å². The Hall–Kier alpha value is -2.88. The van der Waals surface area contributed by atoms with Gasteiger partial charge in [0.2, 0.25) is 5.56 Å². The van der Waals surface area contributed by atoms with Gasteiger partial charge in [0.25, 0.3) is 5.91 Å². The predicted octanol–water partition coefficient (Wildman–Crippen LogP) is 3.02. The third-order valence-corrected chi connectivity index (χ3v) is 3.64. The number of fused-ring (bicyclic) bond motifs is 1. The highest BCUT2D eigenvalue weighted by molar-refractivity contribution is 6.06. The third-order valence-electron chi connectivity index (χ3n) is 3.64. The zero-order chi connectivity index (χ0) is 15.5. The maximum Gasteiger partial charge on any atom is 0.252 e. The molecule has 1 heterocycles. The summed E-state index contributed by atoms with van der Waals surface area (Å²) in [6.45, 7) is 1.92. The van der Waals surface area contributed by atoms with Crippen LogP contribution >= 0.6 is 0 Å². The molecule has 4 nitrogen and oxygen atoms in total. The van der Waals surface area contributed by atoms with Crippen LogP contribution in [-0.2, 0) is 0 Å². The van der Waals surface area contributed by atoms with Crippen molar-refractivity contribution in [1.29, 1.82) is 0 Å². The molecule has 1 atom stereocenters. The Bertz CT molecular complexity index is 869. The molecule has 22 heavy (non-hydrogen) atoms. The summed E-state index contributed by atoms with van der Waals surface area (Å²) in [5.41, 5.74) is 1.79. The Kier molecular flexibility index (Phi) is 3.74. The largest absolute Gasteiger partial charge is 0.345 e.